The van der Waals surface area contributed by atoms with Gasteiger partial charge in [0, 0.05) is 6.04 Å². The molecule has 1 fully saturated rings. The minimum Gasteiger partial charge on any atom is -0.316 e. The van der Waals surface area contributed by atoms with Crippen molar-refractivity contribution >= 4 is 0 Å². The van der Waals surface area contributed by atoms with E-state index in [4.69, 9.17) is 0 Å². The smallest absolute Gasteiger partial charge is 0.0158 e. The second-order valence-corrected chi connectivity index (χ2v) is 6.63. The van der Waals surface area contributed by atoms with E-state index in [1.54, 1.807) is 5.56 Å². The molecule has 106 valence electrons. The molecule has 0 spiro atoms. The average Bonchev–Trinajstić information content (AvgIpc) is 2.39. The van der Waals surface area contributed by atoms with Crippen molar-refractivity contribution in [1.29, 1.82) is 0 Å². The first-order chi connectivity index (χ1) is 9.07. The molecule has 0 saturated heterocycles. The Labute approximate surface area is 118 Å². The average molecular weight is 259 g/mol. The Kier molecular flexibility index (Phi) is 4.67. The van der Waals surface area contributed by atoms with Gasteiger partial charge in [0.15, 0.2) is 0 Å². The highest BCUT2D eigenvalue weighted by Gasteiger charge is 2.34. The van der Waals surface area contributed by atoms with Crippen molar-refractivity contribution in [2.45, 2.75) is 65.3 Å². The Hall–Kier alpha value is -0.820. The summed E-state index contributed by atoms with van der Waals surface area (Å²) in [6.07, 6.45) is 8.16. The number of hydrogen-bond donors (Lipinski definition) is 1. The van der Waals surface area contributed by atoms with Crippen molar-refractivity contribution in [3.8, 4) is 0 Å². The number of hydrogen-bond acceptors (Lipinski definition) is 1. The van der Waals surface area contributed by atoms with Crippen LogP contribution in [0.3, 0.4) is 0 Å². The number of benzene rings is 1. The molecule has 1 nitrogen and oxygen atoms in total. The van der Waals surface area contributed by atoms with Gasteiger partial charge in [-0.05, 0) is 62.3 Å². The highest BCUT2D eigenvalue weighted by molar-refractivity contribution is 5.34. The summed E-state index contributed by atoms with van der Waals surface area (Å²) in [5.74, 6) is 0. The van der Waals surface area contributed by atoms with Gasteiger partial charge in [-0.2, -0.15) is 0 Å². The molecule has 0 amide bonds. The van der Waals surface area contributed by atoms with Gasteiger partial charge >= 0.3 is 0 Å². The quantitative estimate of drug-likeness (QED) is 0.845. The number of rotatable bonds is 4. The van der Waals surface area contributed by atoms with Crippen LogP contribution >= 0.6 is 0 Å². The van der Waals surface area contributed by atoms with Crippen molar-refractivity contribution in [3.05, 3.63) is 34.9 Å². The minimum absolute atomic E-state index is 0.474. The van der Waals surface area contributed by atoms with Crippen LogP contribution in [0.1, 0.15) is 55.7 Å². The largest absolute Gasteiger partial charge is 0.316 e. The van der Waals surface area contributed by atoms with Gasteiger partial charge in [-0.1, -0.05) is 44.4 Å². The fourth-order valence-corrected chi connectivity index (χ4v) is 3.78. The zero-order valence-corrected chi connectivity index (χ0v) is 13.1. The van der Waals surface area contributed by atoms with E-state index >= 15 is 0 Å². The zero-order valence-electron chi connectivity index (χ0n) is 13.1. The molecule has 0 aromatic heterocycles. The first-order valence-electron chi connectivity index (χ1n) is 7.79. The summed E-state index contributed by atoms with van der Waals surface area (Å²) in [7, 11) is 2.14. The first kappa shape index (κ1) is 14.6. The second kappa shape index (κ2) is 6.09. The molecule has 1 unspecified atom stereocenters. The van der Waals surface area contributed by atoms with Crippen molar-refractivity contribution < 1.29 is 0 Å². The summed E-state index contributed by atoms with van der Waals surface area (Å²) in [6.45, 7) is 6.98. The van der Waals surface area contributed by atoms with Crippen LogP contribution in [0.4, 0.5) is 0 Å². The monoisotopic (exact) mass is 259 g/mol. The SMILES string of the molecule is CNC(Cc1c(C)cccc1C)C1(C)CCCCC1. The zero-order chi connectivity index (χ0) is 13.9. The molecule has 0 aliphatic heterocycles. The molecule has 0 bridgehead atoms. The normalized spacial score (nSPS) is 20.2. The molecule has 2 rings (SSSR count). The highest BCUT2D eigenvalue weighted by atomic mass is 14.9. The van der Waals surface area contributed by atoms with Crippen LogP contribution in [-0.4, -0.2) is 13.1 Å². The van der Waals surface area contributed by atoms with Gasteiger partial charge in [0.05, 0.1) is 0 Å². The maximum Gasteiger partial charge on any atom is 0.0158 e. The van der Waals surface area contributed by atoms with Gasteiger partial charge in [-0.15, -0.1) is 0 Å². The summed E-state index contributed by atoms with van der Waals surface area (Å²) < 4.78 is 0. The van der Waals surface area contributed by atoms with Crippen molar-refractivity contribution in [3.63, 3.8) is 0 Å². The summed E-state index contributed by atoms with van der Waals surface area (Å²) in [4.78, 5) is 0. The van der Waals surface area contributed by atoms with Crippen LogP contribution in [0.15, 0.2) is 18.2 Å². The Morgan fingerprint density at radius 3 is 2.21 bits per heavy atom. The van der Waals surface area contributed by atoms with Gasteiger partial charge < -0.3 is 5.32 Å². The van der Waals surface area contributed by atoms with E-state index in [9.17, 15) is 0 Å². The Morgan fingerprint density at radius 1 is 1.11 bits per heavy atom. The summed E-state index contributed by atoms with van der Waals surface area (Å²) in [6, 6.07) is 7.27. The van der Waals surface area contributed by atoms with Gasteiger partial charge in [0.2, 0.25) is 0 Å². The Bertz CT molecular complexity index is 395. The third-order valence-electron chi connectivity index (χ3n) is 5.24. The summed E-state index contributed by atoms with van der Waals surface area (Å²) in [5.41, 5.74) is 4.91. The lowest BCUT2D eigenvalue weighted by molar-refractivity contribution is 0.149. The van der Waals surface area contributed by atoms with E-state index in [1.807, 2.05) is 0 Å². The predicted octanol–water partition coefficient (Wildman–Crippen LogP) is 4.40. The van der Waals surface area contributed by atoms with Gasteiger partial charge in [0.25, 0.3) is 0 Å². The van der Waals surface area contributed by atoms with Crippen LogP contribution < -0.4 is 5.32 Å². The van der Waals surface area contributed by atoms with Gasteiger partial charge in [-0.3, -0.25) is 0 Å². The molecule has 1 N–H and O–H groups in total. The third kappa shape index (κ3) is 3.20. The molecular formula is C18H29N. The number of nitrogens with one attached hydrogen (secondary N) is 1. The minimum atomic E-state index is 0.474. The maximum absolute atomic E-state index is 3.62. The third-order valence-corrected chi connectivity index (χ3v) is 5.24. The van der Waals surface area contributed by atoms with Crippen LogP contribution in [0.2, 0.25) is 0 Å². The van der Waals surface area contributed by atoms with Gasteiger partial charge in [-0.25, -0.2) is 0 Å². The van der Waals surface area contributed by atoms with E-state index in [0.717, 1.165) is 0 Å². The molecule has 0 heterocycles. The fraction of sp³-hybridized carbons (Fsp3) is 0.667. The van der Waals surface area contributed by atoms with Crippen LogP contribution in [-0.2, 0) is 6.42 Å². The van der Waals surface area contributed by atoms with E-state index in [1.165, 1.54) is 49.7 Å². The predicted molar refractivity (Wildman–Crippen MR) is 83.7 cm³/mol. The molecule has 1 saturated carbocycles. The van der Waals surface area contributed by atoms with Crippen molar-refractivity contribution in [2.24, 2.45) is 5.41 Å². The molecule has 1 aromatic carbocycles. The summed E-state index contributed by atoms with van der Waals surface area (Å²) in [5, 5.41) is 3.62. The highest BCUT2D eigenvalue weighted by Crippen LogP contribution is 2.40. The Morgan fingerprint density at radius 2 is 1.68 bits per heavy atom. The fourth-order valence-electron chi connectivity index (χ4n) is 3.78. The van der Waals surface area contributed by atoms with Crippen LogP contribution in [0, 0.1) is 19.3 Å². The number of likely N-dealkylation sites (N-methyl/N-ethyl adjacent to an activating group) is 1. The molecule has 1 aliphatic rings. The van der Waals surface area contributed by atoms with E-state index in [0.29, 0.717) is 11.5 Å². The van der Waals surface area contributed by atoms with Crippen LogP contribution in [0.25, 0.3) is 0 Å². The van der Waals surface area contributed by atoms with Crippen LogP contribution in [0.5, 0.6) is 0 Å². The lowest BCUT2D eigenvalue weighted by atomic mass is 9.68. The Balaban J connectivity index is 2.19. The lowest BCUT2D eigenvalue weighted by Crippen LogP contribution is -2.44. The van der Waals surface area contributed by atoms with Crippen molar-refractivity contribution in [2.75, 3.05) is 7.05 Å². The molecule has 0 radical (unpaired) electrons. The first-order valence-corrected chi connectivity index (χ1v) is 7.79. The van der Waals surface area contributed by atoms with E-state index in [2.05, 4.69) is 51.3 Å². The molecule has 1 atom stereocenters. The van der Waals surface area contributed by atoms with Crippen molar-refractivity contribution in [1.82, 2.24) is 5.32 Å². The maximum atomic E-state index is 3.62. The van der Waals surface area contributed by atoms with E-state index < -0.39 is 0 Å². The molecule has 1 heteroatoms. The topological polar surface area (TPSA) is 12.0 Å². The van der Waals surface area contributed by atoms with Gasteiger partial charge in [0.1, 0.15) is 0 Å². The summed E-state index contributed by atoms with van der Waals surface area (Å²) >= 11 is 0. The molecule has 19 heavy (non-hydrogen) atoms. The standard InChI is InChI=1S/C18H29N/c1-14-9-8-10-15(2)16(14)13-17(19-4)18(3)11-6-5-7-12-18/h8-10,17,19H,5-7,11-13H2,1-4H3. The molecule has 1 aromatic rings. The van der Waals surface area contributed by atoms with E-state index in [-0.39, 0.29) is 0 Å². The molecule has 1 aliphatic carbocycles. The lowest BCUT2D eigenvalue weighted by Gasteiger charge is -2.41. The molecular weight excluding hydrogens is 230 g/mol. The second-order valence-electron chi connectivity index (χ2n) is 6.63. The number of aryl methyl sites for hydroxylation is 2.